The van der Waals surface area contributed by atoms with Gasteiger partial charge in [-0.15, -0.1) is 0 Å². The van der Waals surface area contributed by atoms with Gasteiger partial charge in [-0.2, -0.15) is 0 Å². The summed E-state index contributed by atoms with van der Waals surface area (Å²) < 4.78 is 0. The van der Waals surface area contributed by atoms with Crippen LogP contribution in [0.4, 0.5) is 0 Å². The standard InChI is InChI=1S/C22H38O2/c1-4-5-6-7-8-9-10-11-12-13-14-15-16-17-18-19-20-22(2,3)21(23)24/h5-6,8-9,11-12H,4,7,10,13-20H2,1-3H3,(H,23,24). The molecule has 1 N–H and O–H groups in total. The number of rotatable bonds is 15. The Kier molecular flexibility index (Phi) is 14.4. The van der Waals surface area contributed by atoms with E-state index >= 15 is 0 Å². The number of aliphatic carboxylic acids is 1. The fraction of sp³-hybridized carbons (Fsp3) is 0.682. The van der Waals surface area contributed by atoms with Gasteiger partial charge in [0.2, 0.25) is 0 Å². The molecule has 138 valence electrons. The lowest BCUT2D eigenvalue weighted by molar-refractivity contribution is -0.147. The quantitative estimate of drug-likeness (QED) is 0.257. The van der Waals surface area contributed by atoms with E-state index in [1.807, 2.05) is 13.8 Å². The molecule has 24 heavy (non-hydrogen) atoms. The Bertz CT molecular complexity index is 389. The van der Waals surface area contributed by atoms with E-state index in [-0.39, 0.29) is 0 Å². The monoisotopic (exact) mass is 334 g/mol. The van der Waals surface area contributed by atoms with Gasteiger partial charge in [0.15, 0.2) is 0 Å². The third-order valence-corrected chi connectivity index (χ3v) is 4.28. The molecule has 0 bridgehead atoms. The summed E-state index contributed by atoms with van der Waals surface area (Å²) in [5, 5.41) is 9.05. The molecule has 0 aromatic rings. The Morgan fingerprint density at radius 1 is 0.792 bits per heavy atom. The van der Waals surface area contributed by atoms with Gasteiger partial charge in [-0.3, -0.25) is 4.79 Å². The molecule has 0 unspecified atom stereocenters. The minimum Gasteiger partial charge on any atom is -0.481 e. The predicted octanol–water partition coefficient (Wildman–Crippen LogP) is 7.08. The molecule has 0 aromatic carbocycles. The van der Waals surface area contributed by atoms with E-state index in [9.17, 15) is 4.79 Å². The van der Waals surface area contributed by atoms with Gasteiger partial charge in [0, 0.05) is 0 Å². The summed E-state index contributed by atoms with van der Waals surface area (Å²) in [7, 11) is 0. The first kappa shape index (κ1) is 22.7. The number of carbonyl (C=O) groups is 1. The highest BCUT2D eigenvalue weighted by Crippen LogP contribution is 2.24. The Morgan fingerprint density at radius 3 is 1.88 bits per heavy atom. The van der Waals surface area contributed by atoms with E-state index in [0.717, 1.165) is 38.5 Å². The van der Waals surface area contributed by atoms with Crippen LogP contribution in [0.3, 0.4) is 0 Å². The number of carboxylic acids is 1. The first-order valence-electron chi connectivity index (χ1n) is 9.69. The molecule has 0 aromatic heterocycles. The molecule has 0 atom stereocenters. The third-order valence-electron chi connectivity index (χ3n) is 4.28. The molecule has 2 nitrogen and oxygen atoms in total. The SMILES string of the molecule is CCC=CCC=CCC=CCCCCCCCCC(C)(C)C(=O)O. The van der Waals surface area contributed by atoms with Gasteiger partial charge in [-0.1, -0.05) is 75.5 Å². The lowest BCUT2D eigenvalue weighted by Gasteiger charge is -2.18. The third kappa shape index (κ3) is 14.3. The first-order valence-corrected chi connectivity index (χ1v) is 9.69. The maximum absolute atomic E-state index is 11.0. The van der Waals surface area contributed by atoms with Crippen molar-refractivity contribution in [2.75, 3.05) is 0 Å². The van der Waals surface area contributed by atoms with Crippen LogP contribution in [0.1, 0.15) is 91.4 Å². The summed E-state index contributed by atoms with van der Waals surface area (Å²) in [5.74, 6) is -0.679. The second-order valence-corrected chi connectivity index (χ2v) is 7.14. The number of allylic oxidation sites excluding steroid dienone is 6. The van der Waals surface area contributed by atoms with Crippen molar-refractivity contribution in [3.63, 3.8) is 0 Å². The van der Waals surface area contributed by atoms with E-state index < -0.39 is 11.4 Å². The molecular formula is C22H38O2. The molecule has 0 saturated carbocycles. The zero-order valence-electron chi connectivity index (χ0n) is 16.1. The molecule has 0 aliphatic carbocycles. The van der Waals surface area contributed by atoms with E-state index in [1.165, 1.54) is 32.1 Å². The number of hydrogen-bond acceptors (Lipinski definition) is 1. The normalized spacial score (nSPS) is 12.8. The summed E-state index contributed by atoms with van der Waals surface area (Å²) >= 11 is 0. The van der Waals surface area contributed by atoms with Crippen LogP contribution in [0, 0.1) is 5.41 Å². The maximum Gasteiger partial charge on any atom is 0.309 e. The summed E-state index contributed by atoms with van der Waals surface area (Å²) in [6.45, 7) is 5.79. The van der Waals surface area contributed by atoms with Crippen molar-refractivity contribution in [3.8, 4) is 0 Å². The van der Waals surface area contributed by atoms with E-state index in [0.29, 0.717) is 0 Å². The average Bonchev–Trinajstić information content (AvgIpc) is 2.54. The molecule has 0 fully saturated rings. The molecule has 0 aliphatic heterocycles. The zero-order valence-corrected chi connectivity index (χ0v) is 16.1. The van der Waals surface area contributed by atoms with Crippen molar-refractivity contribution < 1.29 is 9.90 Å². The van der Waals surface area contributed by atoms with Gasteiger partial charge in [0.25, 0.3) is 0 Å². The van der Waals surface area contributed by atoms with Crippen LogP contribution in [0.15, 0.2) is 36.5 Å². The van der Waals surface area contributed by atoms with Crippen molar-refractivity contribution in [1.29, 1.82) is 0 Å². The van der Waals surface area contributed by atoms with Crippen molar-refractivity contribution >= 4 is 5.97 Å². The van der Waals surface area contributed by atoms with Crippen LogP contribution in [-0.2, 0) is 4.79 Å². The molecule has 0 saturated heterocycles. The lowest BCUT2D eigenvalue weighted by Crippen LogP contribution is -2.23. The smallest absolute Gasteiger partial charge is 0.309 e. The number of unbranched alkanes of at least 4 members (excludes halogenated alkanes) is 6. The van der Waals surface area contributed by atoms with Crippen LogP contribution in [-0.4, -0.2) is 11.1 Å². The topological polar surface area (TPSA) is 37.3 Å². The molecule has 2 heteroatoms. The molecule has 0 spiro atoms. The van der Waals surface area contributed by atoms with Crippen LogP contribution in [0.25, 0.3) is 0 Å². The molecule has 0 heterocycles. The highest BCUT2D eigenvalue weighted by atomic mass is 16.4. The Balaban J connectivity index is 3.38. The lowest BCUT2D eigenvalue weighted by atomic mass is 9.87. The van der Waals surface area contributed by atoms with Crippen molar-refractivity contribution in [3.05, 3.63) is 36.5 Å². The van der Waals surface area contributed by atoms with Crippen molar-refractivity contribution in [2.45, 2.75) is 91.4 Å². The van der Waals surface area contributed by atoms with Crippen molar-refractivity contribution in [2.24, 2.45) is 5.41 Å². The van der Waals surface area contributed by atoms with Gasteiger partial charge in [-0.25, -0.2) is 0 Å². The summed E-state index contributed by atoms with van der Waals surface area (Å²) in [6, 6.07) is 0. The van der Waals surface area contributed by atoms with Gasteiger partial charge in [0.1, 0.15) is 0 Å². The summed E-state index contributed by atoms with van der Waals surface area (Å²) in [5.41, 5.74) is -0.564. The Hall–Kier alpha value is -1.31. The van der Waals surface area contributed by atoms with Gasteiger partial charge in [0.05, 0.1) is 5.41 Å². The minimum atomic E-state index is -0.679. The molecular weight excluding hydrogens is 296 g/mol. The number of hydrogen-bond donors (Lipinski definition) is 1. The summed E-state index contributed by atoms with van der Waals surface area (Å²) in [4.78, 5) is 11.0. The largest absolute Gasteiger partial charge is 0.481 e. The zero-order chi connectivity index (χ0) is 18.1. The molecule has 0 radical (unpaired) electrons. The molecule has 0 aliphatic rings. The van der Waals surface area contributed by atoms with Gasteiger partial charge >= 0.3 is 5.97 Å². The molecule has 0 amide bonds. The predicted molar refractivity (Wildman–Crippen MR) is 105 cm³/mol. The van der Waals surface area contributed by atoms with Gasteiger partial charge in [-0.05, 0) is 52.4 Å². The second kappa shape index (κ2) is 15.2. The number of carboxylic acid groups (broad SMARTS) is 1. The van der Waals surface area contributed by atoms with Crippen molar-refractivity contribution in [1.82, 2.24) is 0 Å². The Morgan fingerprint density at radius 2 is 1.29 bits per heavy atom. The fourth-order valence-corrected chi connectivity index (χ4v) is 2.47. The highest BCUT2D eigenvalue weighted by Gasteiger charge is 2.25. The maximum atomic E-state index is 11.0. The Labute approximate surface area is 149 Å². The van der Waals surface area contributed by atoms with E-state index in [1.54, 1.807) is 0 Å². The van der Waals surface area contributed by atoms with Crippen LogP contribution >= 0.6 is 0 Å². The fourth-order valence-electron chi connectivity index (χ4n) is 2.47. The molecule has 0 rings (SSSR count). The minimum absolute atomic E-state index is 0.564. The van der Waals surface area contributed by atoms with Crippen LogP contribution < -0.4 is 0 Å². The summed E-state index contributed by atoms with van der Waals surface area (Å²) in [6.07, 6.45) is 25.8. The second-order valence-electron chi connectivity index (χ2n) is 7.14. The van der Waals surface area contributed by atoms with Crippen LogP contribution in [0.5, 0.6) is 0 Å². The highest BCUT2D eigenvalue weighted by molar-refractivity contribution is 5.73. The van der Waals surface area contributed by atoms with Crippen LogP contribution in [0.2, 0.25) is 0 Å². The first-order chi connectivity index (χ1) is 11.5. The van der Waals surface area contributed by atoms with E-state index in [4.69, 9.17) is 5.11 Å². The van der Waals surface area contributed by atoms with Gasteiger partial charge < -0.3 is 5.11 Å². The van der Waals surface area contributed by atoms with E-state index in [2.05, 4.69) is 43.4 Å². The average molecular weight is 335 g/mol.